The number of phenols is 6. The fourth-order valence-corrected chi connectivity index (χ4v) is 1.68. The predicted molar refractivity (Wildman–Crippen MR) is 92.0 cm³/mol. The first-order chi connectivity index (χ1) is 11.0. The molecule has 0 fully saturated rings. The van der Waals surface area contributed by atoms with Gasteiger partial charge in [0.1, 0.15) is 0 Å². The molecule has 128 valence electrons. The third-order valence-electron chi connectivity index (χ3n) is 2.61. The first-order valence-electron chi connectivity index (χ1n) is 5.97. The average Bonchev–Trinajstić information content (AvgIpc) is 2.49. The molecule has 0 aliphatic rings. The van der Waals surface area contributed by atoms with Crippen LogP contribution in [-0.4, -0.2) is 86.2 Å². The number of benzene rings is 2. The minimum absolute atomic E-state index is 0. The molecule has 0 unspecified atom stereocenters. The fourth-order valence-electron chi connectivity index (χ4n) is 1.44. The Kier molecular flexibility index (Phi) is 9.26. The van der Waals surface area contributed by atoms with Crippen LogP contribution in [0, 0.1) is 0 Å². The monoisotopic (exact) mass is 458 g/mol. The summed E-state index contributed by atoms with van der Waals surface area (Å²) >= 11 is 8.53. The van der Waals surface area contributed by atoms with Crippen molar-refractivity contribution in [2.45, 2.75) is 0 Å². The van der Waals surface area contributed by atoms with Crippen LogP contribution in [0.15, 0.2) is 24.3 Å². The number of thiocarbonyl (C=S) groups is 2. The van der Waals surface area contributed by atoms with Crippen molar-refractivity contribution in [2.75, 3.05) is 0 Å². The molecular weight excluding hydrogens is 448 g/mol. The van der Waals surface area contributed by atoms with Crippen molar-refractivity contribution in [3.63, 3.8) is 0 Å². The molecule has 0 amide bonds. The van der Waals surface area contributed by atoms with Crippen LogP contribution in [0.3, 0.4) is 0 Å². The van der Waals surface area contributed by atoms with Gasteiger partial charge in [-0.1, -0.05) is 24.4 Å². The molecule has 0 radical (unpaired) electrons. The van der Waals surface area contributed by atoms with Gasteiger partial charge in [0.15, 0.2) is 34.5 Å². The Hall–Kier alpha value is -1.50. The molecule has 0 aromatic heterocycles. The SMILES string of the molecule is [O-]C(=S)c1cc(O)c(O)c(O)c1.[O-]C(=S)c1cc(O)c(O)c(O)c1.[Sr+2]. The number of hydrogen-bond donors (Lipinski definition) is 6. The van der Waals surface area contributed by atoms with Gasteiger partial charge in [-0.3, -0.25) is 0 Å². The van der Waals surface area contributed by atoms with Crippen molar-refractivity contribution >= 4 is 80.0 Å². The van der Waals surface area contributed by atoms with Crippen LogP contribution >= 0.6 is 24.4 Å². The van der Waals surface area contributed by atoms with E-state index in [4.69, 9.17) is 30.6 Å². The summed E-state index contributed by atoms with van der Waals surface area (Å²) in [5.41, 5.74) is -0.0596. The van der Waals surface area contributed by atoms with Crippen LogP contribution in [0.4, 0.5) is 0 Å². The minimum Gasteiger partial charge on any atom is -0.864 e. The van der Waals surface area contributed by atoms with Gasteiger partial charge in [-0.25, -0.2) is 0 Å². The summed E-state index contributed by atoms with van der Waals surface area (Å²) in [6, 6.07) is 3.96. The van der Waals surface area contributed by atoms with E-state index in [9.17, 15) is 10.2 Å². The van der Waals surface area contributed by atoms with E-state index < -0.39 is 44.6 Å². The van der Waals surface area contributed by atoms with Crippen molar-refractivity contribution in [1.29, 1.82) is 0 Å². The Morgan fingerprint density at radius 1 is 0.600 bits per heavy atom. The van der Waals surface area contributed by atoms with Gasteiger partial charge >= 0.3 is 45.5 Å². The largest absolute Gasteiger partial charge is 2.00 e. The summed E-state index contributed by atoms with van der Waals surface area (Å²) < 4.78 is 0. The molecule has 11 heteroatoms. The molecule has 8 nitrogen and oxygen atoms in total. The molecule has 2 aromatic rings. The molecule has 0 saturated heterocycles. The second-order valence-electron chi connectivity index (χ2n) is 4.30. The van der Waals surface area contributed by atoms with Crippen molar-refractivity contribution in [2.24, 2.45) is 0 Å². The maximum atomic E-state index is 10.6. The van der Waals surface area contributed by atoms with E-state index in [-0.39, 0.29) is 56.6 Å². The number of aromatic hydroxyl groups is 6. The van der Waals surface area contributed by atoms with Crippen molar-refractivity contribution in [1.82, 2.24) is 0 Å². The Balaban J connectivity index is 0.000000443. The van der Waals surface area contributed by atoms with Crippen LogP contribution in [0.25, 0.3) is 0 Å². The van der Waals surface area contributed by atoms with E-state index in [0.29, 0.717) is 0 Å². The molecule has 0 heterocycles. The predicted octanol–water partition coefficient (Wildman–Crippen LogP) is -0.702. The minimum atomic E-state index is -0.708. The van der Waals surface area contributed by atoms with Crippen molar-refractivity contribution < 1.29 is 40.9 Å². The second kappa shape index (κ2) is 9.85. The number of hydrogen-bond acceptors (Lipinski definition) is 10. The molecule has 0 aliphatic carbocycles. The zero-order valence-electron chi connectivity index (χ0n) is 12.3. The summed E-state index contributed by atoms with van der Waals surface area (Å²) in [5.74, 6) is -3.58. The van der Waals surface area contributed by atoms with Gasteiger partial charge in [0.05, 0.1) is 0 Å². The quantitative estimate of drug-likeness (QED) is 0.192. The Morgan fingerprint density at radius 3 is 0.960 bits per heavy atom. The van der Waals surface area contributed by atoms with Gasteiger partial charge in [0.25, 0.3) is 0 Å². The molecule has 0 saturated carbocycles. The van der Waals surface area contributed by atoms with Gasteiger partial charge in [-0.05, 0) is 45.5 Å². The molecule has 2 aromatic carbocycles. The van der Waals surface area contributed by atoms with E-state index in [1.807, 2.05) is 0 Å². The molecular formula is C14H10O8S2Sr. The molecule has 0 atom stereocenters. The van der Waals surface area contributed by atoms with Gasteiger partial charge in [-0.2, -0.15) is 0 Å². The summed E-state index contributed by atoms with van der Waals surface area (Å²) in [6.07, 6.45) is 0. The van der Waals surface area contributed by atoms with Crippen molar-refractivity contribution in [3.05, 3.63) is 35.4 Å². The zero-order chi connectivity index (χ0) is 18.6. The molecule has 25 heavy (non-hydrogen) atoms. The van der Waals surface area contributed by atoms with Gasteiger partial charge in [0.2, 0.25) is 0 Å². The normalized spacial score (nSPS) is 9.28. The Morgan fingerprint density at radius 2 is 0.800 bits per heavy atom. The van der Waals surface area contributed by atoms with Crippen LogP contribution in [0.1, 0.15) is 11.1 Å². The van der Waals surface area contributed by atoms with Gasteiger partial charge in [-0.15, -0.1) is 0 Å². The van der Waals surface area contributed by atoms with E-state index in [1.165, 1.54) is 0 Å². The Labute approximate surface area is 189 Å². The molecule has 0 spiro atoms. The maximum absolute atomic E-state index is 10.6. The van der Waals surface area contributed by atoms with E-state index in [0.717, 1.165) is 24.3 Å². The standard InChI is InChI=1S/2C7H6O4S.Sr/c2*8-4-1-3(7(11)12)2-5(9)6(4)10;/h2*1-2,8-10H,(H,11,12);/q;;+2/p-2. The smallest absolute Gasteiger partial charge is 0.864 e. The number of phenolic OH excluding ortho intramolecular Hbond substituents is 6. The van der Waals surface area contributed by atoms with Gasteiger partial charge in [0, 0.05) is 0 Å². The maximum Gasteiger partial charge on any atom is 2.00 e. The zero-order valence-corrected chi connectivity index (χ0v) is 17.4. The van der Waals surface area contributed by atoms with Crippen LogP contribution in [-0.2, 0) is 0 Å². The molecule has 0 aliphatic heterocycles. The molecule has 2 rings (SSSR count). The van der Waals surface area contributed by atoms with Crippen LogP contribution in [0.2, 0.25) is 0 Å². The number of rotatable bonds is 2. The first-order valence-corrected chi connectivity index (χ1v) is 6.78. The average molecular weight is 458 g/mol. The third-order valence-corrected chi connectivity index (χ3v) is 3.08. The summed E-state index contributed by atoms with van der Waals surface area (Å²) in [7, 11) is 0. The van der Waals surface area contributed by atoms with Crippen LogP contribution in [0.5, 0.6) is 34.5 Å². The Bertz CT molecular complexity index is 696. The van der Waals surface area contributed by atoms with Crippen molar-refractivity contribution in [3.8, 4) is 34.5 Å². The molecule has 6 N–H and O–H groups in total. The van der Waals surface area contributed by atoms with Gasteiger partial charge < -0.3 is 40.9 Å². The van der Waals surface area contributed by atoms with E-state index in [1.54, 1.807) is 0 Å². The third kappa shape index (κ3) is 6.38. The topological polar surface area (TPSA) is 168 Å². The summed E-state index contributed by atoms with van der Waals surface area (Å²) in [4.78, 5) is 0. The van der Waals surface area contributed by atoms with E-state index in [2.05, 4.69) is 24.4 Å². The summed E-state index contributed by atoms with van der Waals surface area (Å²) in [6.45, 7) is 0. The first kappa shape index (κ1) is 23.5. The van der Waals surface area contributed by atoms with E-state index >= 15 is 0 Å². The fraction of sp³-hybridized carbons (Fsp3) is 0. The second-order valence-corrected chi connectivity index (χ2v) is 5.04. The molecule has 0 bridgehead atoms. The van der Waals surface area contributed by atoms with Crippen LogP contribution < -0.4 is 10.2 Å². The summed E-state index contributed by atoms with van der Waals surface area (Å²) in [5, 5.41) is 73.1.